The quantitative estimate of drug-likeness (QED) is 0.692. The van der Waals surface area contributed by atoms with Crippen molar-refractivity contribution in [3.63, 3.8) is 0 Å². The zero-order valence-corrected chi connectivity index (χ0v) is 12.6. The molecule has 114 valence electrons. The van der Waals surface area contributed by atoms with Gasteiger partial charge in [0.05, 0.1) is 17.4 Å². The molecule has 0 saturated carbocycles. The number of halogens is 2. The predicted molar refractivity (Wildman–Crippen MR) is 79.8 cm³/mol. The van der Waals surface area contributed by atoms with Crippen LogP contribution in [0.3, 0.4) is 0 Å². The molecule has 0 unspecified atom stereocenters. The summed E-state index contributed by atoms with van der Waals surface area (Å²) >= 11 is 5.69. The molecule has 2 heterocycles. The van der Waals surface area contributed by atoms with Gasteiger partial charge in [0, 0.05) is 13.2 Å². The van der Waals surface area contributed by atoms with E-state index in [1.807, 2.05) is 0 Å². The maximum atomic E-state index is 13.6. The van der Waals surface area contributed by atoms with E-state index in [0.717, 1.165) is 16.5 Å². The minimum atomic E-state index is -0.849. The molecule has 0 fully saturated rings. The number of nitrogens with zero attached hydrogens (tertiary/aromatic N) is 3. The third-order valence-corrected chi connectivity index (χ3v) is 3.25. The van der Waals surface area contributed by atoms with Crippen LogP contribution in [0.15, 0.2) is 24.5 Å². The van der Waals surface area contributed by atoms with Crippen molar-refractivity contribution < 1.29 is 14.0 Å². The van der Waals surface area contributed by atoms with Crippen LogP contribution < -0.4 is 10.2 Å². The Bertz CT molecular complexity index is 739. The topological polar surface area (TPSA) is 75.2 Å². The molecule has 0 bridgehead atoms. The lowest BCUT2D eigenvalue weighted by atomic mass is 10.2. The maximum Gasteiger partial charge on any atom is 0.254 e. The normalized spacial score (nSPS) is 10.2. The first-order valence-electron chi connectivity index (χ1n) is 6.22. The first-order chi connectivity index (χ1) is 10.5. The summed E-state index contributed by atoms with van der Waals surface area (Å²) in [5, 5.41) is 1.93. The molecule has 0 aliphatic rings. The Kier molecular flexibility index (Phi) is 4.67. The predicted octanol–water partition coefficient (Wildman–Crippen LogP) is 2.23. The van der Waals surface area contributed by atoms with Crippen LogP contribution in [0, 0.1) is 12.7 Å². The van der Waals surface area contributed by atoms with Gasteiger partial charge >= 0.3 is 0 Å². The Morgan fingerprint density at radius 1 is 1.50 bits per heavy atom. The van der Waals surface area contributed by atoms with Crippen LogP contribution in [-0.2, 0) is 4.79 Å². The van der Waals surface area contributed by atoms with E-state index in [4.69, 9.17) is 11.6 Å². The van der Waals surface area contributed by atoms with Gasteiger partial charge in [-0.3, -0.25) is 19.5 Å². The molecule has 0 aromatic carbocycles. The number of amides is 2. The van der Waals surface area contributed by atoms with Gasteiger partial charge in [0.15, 0.2) is 16.8 Å². The zero-order chi connectivity index (χ0) is 16.3. The number of pyridine rings is 2. The Morgan fingerprint density at radius 2 is 2.23 bits per heavy atom. The molecule has 0 aliphatic heterocycles. The number of hydrogen-bond donors (Lipinski definition) is 1. The van der Waals surface area contributed by atoms with E-state index < -0.39 is 16.9 Å². The third kappa shape index (κ3) is 2.89. The molecular formula is C14H12ClFN4O2. The number of nitrogens with one attached hydrogen (secondary N) is 1. The first-order valence-corrected chi connectivity index (χ1v) is 6.60. The van der Waals surface area contributed by atoms with Gasteiger partial charge in [-0.2, -0.15) is 0 Å². The lowest BCUT2D eigenvalue weighted by Gasteiger charge is -2.20. The number of carbonyl (C=O) groups is 2. The number of carbonyl (C=O) groups excluding carboxylic acids is 2. The summed E-state index contributed by atoms with van der Waals surface area (Å²) in [5.74, 6) is -1.51. The zero-order valence-electron chi connectivity index (χ0n) is 11.8. The SMILES string of the molecule is CNC(=O)c1cc(F)c(Cl)nc1N(C=O)c1cnccc1C. The van der Waals surface area contributed by atoms with E-state index in [9.17, 15) is 14.0 Å². The third-order valence-electron chi connectivity index (χ3n) is 2.99. The largest absolute Gasteiger partial charge is 0.355 e. The van der Waals surface area contributed by atoms with Crippen molar-refractivity contribution in [3.05, 3.63) is 46.6 Å². The molecular weight excluding hydrogens is 311 g/mol. The molecule has 6 nitrogen and oxygen atoms in total. The Hall–Kier alpha value is -2.54. The molecule has 0 atom stereocenters. The van der Waals surface area contributed by atoms with Crippen LogP contribution >= 0.6 is 11.6 Å². The summed E-state index contributed by atoms with van der Waals surface area (Å²) in [6.45, 7) is 1.76. The van der Waals surface area contributed by atoms with E-state index in [-0.39, 0.29) is 11.4 Å². The van der Waals surface area contributed by atoms with Crippen molar-refractivity contribution in [1.29, 1.82) is 0 Å². The molecule has 2 amide bonds. The van der Waals surface area contributed by atoms with E-state index in [1.54, 1.807) is 19.2 Å². The molecule has 2 aromatic rings. The van der Waals surface area contributed by atoms with E-state index in [1.165, 1.54) is 13.2 Å². The van der Waals surface area contributed by atoms with Gasteiger partial charge in [-0.25, -0.2) is 9.37 Å². The Morgan fingerprint density at radius 3 is 2.82 bits per heavy atom. The standard InChI is InChI=1S/C14H12ClFN4O2/c1-8-3-4-18-6-11(8)20(7-21)13-9(14(22)17-2)5-10(16)12(15)19-13/h3-7H,1-2H3,(H,17,22). The van der Waals surface area contributed by atoms with Crippen molar-refractivity contribution in [2.75, 3.05) is 11.9 Å². The summed E-state index contributed by atoms with van der Waals surface area (Å²) in [4.78, 5) is 32.3. The lowest BCUT2D eigenvalue weighted by Crippen LogP contribution is -2.25. The van der Waals surface area contributed by atoms with Crippen molar-refractivity contribution in [2.24, 2.45) is 0 Å². The summed E-state index contributed by atoms with van der Waals surface area (Å²) in [7, 11) is 1.39. The van der Waals surface area contributed by atoms with Crippen LogP contribution in [0.2, 0.25) is 5.15 Å². The Labute approximate surface area is 130 Å². The highest BCUT2D eigenvalue weighted by Gasteiger charge is 2.22. The van der Waals surface area contributed by atoms with E-state index in [0.29, 0.717) is 12.1 Å². The fourth-order valence-corrected chi connectivity index (χ4v) is 2.01. The number of rotatable bonds is 4. The summed E-state index contributed by atoms with van der Waals surface area (Å²) < 4.78 is 13.6. The van der Waals surface area contributed by atoms with Gasteiger partial charge in [0.1, 0.15) is 0 Å². The van der Waals surface area contributed by atoms with Gasteiger partial charge < -0.3 is 5.32 Å². The van der Waals surface area contributed by atoms with E-state index >= 15 is 0 Å². The van der Waals surface area contributed by atoms with Crippen LogP contribution in [0.25, 0.3) is 0 Å². The van der Waals surface area contributed by atoms with E-state index in [2.05, 4.69) is 15.3 Å². The highest BCUT2D eigenvalue weighted by atomic mass is 35.5. The molecule has 0 spiro atoms. The van der Waals surface area contributed by atoms with Gasteiger partial charge in [0.25, 0.3) is 5.91 Å². The van der Waals surface area contributed by atoms with Crippen LogP contribution in [0.5, 0.6) is 0 Å². The van der Waals surface area contributed by atoms with Crippen LogP contribution in [0.1, 0.15) is 15.9 Å². The average Bonchev–Trinajstić information content (AvgIpc) is 2.52. The molecule has 2 rings (SSSR count). The lowest BCUT2D eigenvalue weighted by molar-refractivity contribution is -0.106. The maximum absolute atomic E-state index is 13.6. The van der Waals surface area contributed by atoms with Crippen molar-refractivity contribution >= 4 is 35.4 Å². The number of aromatic nitrogens is 2. The monoisotopic (exact) mass is 322 g/mol. The smallest absolute Gasteiger partial charge is 0.254 e. The second-order valence-corrected chi connectivity index (χ2v) is 4.71. The molecule has 8 heteroatoms. The molecule has 0 aliphatic carbocycles. The fraction of sp³-hybridized carbons (Fsp3) is 0.143. The van der Waals surface area contributed by atoms with Crippen molar-refractivity contribution in [1.82, 2.24) is 15.3 Å². The second kappa shape index (κ2) is 6.48. The number of aryl methyl sites for hydroxylation is 1. The summed E-state index contributed by atoms with van der Waals surface area (Å²) in [5.41, 5.74) is 1.03. The average molecular weight is 323 g/mol. The highest BCUT2D eigenvalue weighted by Crippen LogP contribution is 2.30. The highest BCUT2D eigenvalue weighted by molar-refractivity contribution is 6.29. The molecule has 22 heavy (non-hydrogen) atoms. The summed E-state index contributed by atoms with van der Waals surface area (Å²) in [6.07, 6.45) is 3.47. The number of anilines is 2. The van der Waals surface area contributed by atoms with Gasteiger partial charge in [-0.1, -0.05) is 11.6 Å². The molecule has 0 radical (unpaired) electrons. The van der Waals surface area contributed by atoms with Crippen molar-refractivity contribution in [2.45, 2.75) is 6.92 Å². The molecule has 0 saturated heterocycles. The molecule has 2 aromatic heterocycles. The molecule has 1 N–H and O–H groups in total. The minimum Gasteiger partial charge on any atom is -0.355 e. The first kappa shape index (κ1) is 15.8. The van der Waals surface area contributed by atoms with Gasteiger partial charge in [0.2, 0.25) is 6.41 Å². The fourth-order valence-electron chi connectivity index (χ4n) is 1.87. The minimum absolute atomic E-state index is 0.0724. The van der Waals surface area contributed by atoms with Gasteiger partial charge in [-0.05, 0) is 24.6 Å². The van der Waals surface area contributed by atoms with Crippen LogP contribution in [0.4, 0.5) is 15.9 Å². The second-order valence-electron chi connectivity index (χ2n) is 4.35. The van der Waals surface area contributed by atoms with Crippen molar-refractivity contribution in [3.8, 4) is 0 Å². The Balaban J connectivity index is 2.68. The summed E-state index contributed by atoms with van der Waals surface area (Å²) in [6, 6.07) is 2.63. The van der Waals surface area contributed by atoms with Gasteiger partial charge in [-0.15, -0.1) is 0 Å². The number of hydrogen-bond acceptors (Lipinski definition) is 4. The van der Waals surface area contributed by atoms with Crippen LogP contribution in [-0.4, -0.2) is 29.3 Å².